The molecule has 1 amide bonds. The fourth-order valence-electron chi connectivity index (χ4n) is 1.70. The molecule has 88 valence electrons. The van der Waals surface area contributed by atoms with Crippen molar-refractivity contribution in [2.75, 3.05) is 11.4 Å². The summed E-state index contributed by atoms with van der Waals surface area (Å²) >= 11 is 0. The lowest BCUT2D eigenvalue weighted by molar-refractivity contribution is -0.118. The number of nitrogens with zero attached hydrogens (tertiary/aromatic N) is 1. The van der Waals surface area contributed by atoms with Crippen LogP contribution in [0.1, 0.15) is 38.7 Å². The van der Waals surface area contributed by atoms with Crippen molar-refractivity contribution >= 4 is 11.6 Å². The highest BCUT2D eigenvalue weighted by Crippen LogP contribution is 2.17. The van der Waals surface area contributed by atoms with Gasteiger partial charge < -0.3 is 4.90 Å². The highest BCUT2D eigenvalue weighted by atomic mass is 16.2. The fourth-order valence-corrected chi connectivity index (χ4v) is 1.70. The molecule has 0 spiro atoms. The lowest BCUT2D eigenvalue weighted by Gasteiger charge is -2.22. The molecule has 0 saturated carbocycles. The molecule has 0 aliphatic heterocycles. The monoisotopic (exact) mass is 219 g/mol. The molecule has 2 nitrogen and oxygen atoms in total. The van der Waals surface area contributed by atoms with Gasteiger partial charge in [0.1, 0.15) is 0 Å². The van der Waals surface area contributed by atoms with Gasteiger partial charge in [-0.2, -0.15) is 0 Å². The van der Waals surface area contributed by atoms with Crippen LogP contribution in [0.5, 0.6) is 0 Å². The van der Waals surface area contributed by atoms with Crippen molar-refractivity contribution in [2.24, 2.45) is 0 Å². The van der Waals surface area contributed by atoms with E-state index < -0.39 is 0 Å². The normalized spacial score (nSPS) is 10.2. The van der Waals surface area contributed by atoms with Gasteiger partial charge in [0.15, 0.2) is 0 Å². The Hall–Kier alpha value is -1.31. The molecular formula is C14H21NO. The molecule has 1 rings (SSSR count). The number of aryl methyl sites for hydroxylation is 1. The second kappa shape index (κ2) is 6.31. The number of carbonyl (C=O) groups is 1. The third-order valence-corrected chi connectivity index (χ3v) is 2.65. The van der Waals surface area contributed by atoms with Gasteiger partial charge in [0.25, 0.3) is 0 Å². The number of unbranched alkanes of at least 4 members (excludes halogenated alkanes) is 1. The van der Waals surface area contributed by atoms with Crippen molar-refractivity contribution in [3.05, 3.63) is 29.8 Å². The fraction of sp³-hybridized carbons (Fsp3) is 0.500. The van der Waals surface area contributed by atoms with Gasteiger partial charge in [0.05, 0.1) is 0 Å². The van der Waals surface area contributed by atoms with E-state index in [-0.39, 0.29) is 5.91 Å². The smallest absolute Gasteiger partial charge is 0.226 e. The van der Waals surface area contributed by atoms with Crippen LogP contribution in [0.3, 0.4) is 0 Å². The predicted octanol–water partition coefficient (Wildman–Crippen LogP) is 3.54. The molecule has 1 aromatic rings. The maximum atomic E-state index is 11.9. The van der Waals surface area contributed by atoms with Gasteiger partial charge in [0, 0.05) is 18.7 Å². The van der Waals surface area contributed by atoms with Gasteiger partial charge in [-0.1, -0.05) is 32.4 Å². The summed E-state index contributed by atoms with van der Waals surface area (Å²) in [6, 6.07) is 8.14. The Labute approximate surface area is 98.3 Å². The van der Waals surface area contributed by atoms with E-state index in [1.54, 1.807) is 0 Å². The molecule has 0 fully saturated rings. The van der Waals surface area contributed by atoms with Crippen molar-refractivity contribution in [2.45, 2.75) is 40.0 Å². The summed E-state index contributed by atoms with van der Waals surface area (Å²) in [5.74, 6) is 0.207. The number of rotatable bonds is 5. The van der Waals surface area contributed by atoms with Crippen LogP contribution < -0.4 is 4.90 Å². The van der Waals surface area contributed by atoms with Crippen LogP contribution in [0.4, 0.5) is 5.69 Å². The number of carbonyl (C=O) groups excluding carboxylic acids is 1. The van der Waals surface area contributed by atoms with Crippen LogP contribution >= 0.6 is 0 Å². The van der Waals surface area contributed by atoms with Gasteiger partial charge in [0.2, 0.25) is 5.91 Å². The minimum atomic E-state index is 0.207. The largest absolute Gasteiger partial charge is 0.312 e. The highest BCUT2D eigenvalue weighted by Gasteiger charge is 2.12. The van der Waals surface area contributed by atoms with Crippen molar-refractivity contribution < 1.29 is 4.79 Å². The second-order valence-electron chi connectivity index (χ2n) is 4.09. The van der Waals surface area contributed by atoms with E-state index in [9.17, 15) is 4.79 Å². The van der Waals surface area contributed by atoms with E-state index in [0.717, 1.165) is 25.1 Å². The molecule has 0 aromatic heterocycles. The molecule has 1 aromatic carbocycles. The summed E-state index contributed by atoms with van der Waals surface area (Å²) in [7, 11) is 0. The van der Waals surface area contributed by atoms with E-state index in [0.29, 0.717) is 6.42 Å². The highest BCUT2D eigenvalue weighted by molar-refractivity contribution is 5.93. The van der Waals surface area contributed by atoms with Crippen LogP contribution in [0.2, 0.25) is 0 Å². The summed E-state index contributed by atoms with van der Waals surface area (Å²) in [6.07, 6.45) is 2.73. The summed E-state index contributed by atoms with van der Waals surface area (Å²) in [5, 5.41) is 0. The van der Waals surface area contributed by atoms with Crippen molar-refractivity contribution in [3.8, 4) is 0 Å². The van der Waals surface area contributed by atoms with Gasteiger partial charge in [-0.25, -0.2) is 0 Å². The lowest BCUT2D eigenvalue weighted by atomic mass is 10.2. The maximum absolute atomic E-state index is 11.9. The van der Waals surface area contributed by atoms with Crippen LogP contribution in [0.25, 0.3) is 0 Å². The Morgan fingerprint density at radius 3 is 2.62 bits per heavy atom. The zero-order valence-electron chi connectivity index (χ0n) is 10.5. The molecule has 0 saturated heterocycles. The Morgan fingerprint density at radius 2 is 2.06 bits per heavy atom. The summed E-state index contributed by atoms with van der Waals surface area (Å²) < 4.78 is 0. The number of amides is 1. The Balaban J connectivity index is 2.87. The van der Waals surface area contributed by atoms with E-state index in [2.05, 4.69) is 26.0 Å². The van der Waals surface area contributed by atoms with Crippen molar-refractivity contribution in [3.63, 3.8) is 0 Å². The molecule has 0 aliphatic rings. The van der Waals surface area contributed by atoms with Gasteiger partial charge >= 0.3 is 0 Å². The lowest BCUT2D eigenvalue weighted by Crippen LogP contribution is -2.31. The van der Waals surface area contributed by atoms with Crippen LogP contribution in [-0.2, 0) is 4.79 Å². The van der Waals surface area contributed by atoms with Gasteiger partial charge in [-0.3, -0.25) is 4.79 Å². The van der Waals surface area contributed by atoms with Crippen molar-refractivity contribution in [1.29, 1.82) is 0 Å². The molecular weight excluding hydrogens is 198 g/mol. The number of benzene rings is 1. The molecule has 2 heteroatoms. The van der Waals surface area contributed by atoms with E-state index in [1.165, 1.54) is 5.56 Å². The Bertz CT molecular complexity index is 346. The summed E-state index contributed by atoms with van der Waals surface area (Å²) in [6.45, 7) is 6.94. The summed E-state index contributed by atoms with van der Waals surface area (Å²) in [5.41, 5.74) is 2.23. The minimum Gasteiger partial charge on any atom is -0.312 e. The summed E-state index contributed by atoms with van der Waals surface area (Å²) in [4.78, 5) is 13.8. The zero-order chi connectivity index (χ0) is 12.0. The topological polar surface area (TPSA) is 20.3 Å². The molecule has 0 bridgehead atoms. The molecule has 0 heterocycles. The van der Waals surface area contributed by atoms with E-state index in [4.69, 9.17) is 0 Å². The molecule has 0 aliphatic carbocycles. The van der Waals surface area contributed by atoms with Gasteiger partial charge in [-0.15, -0.1) is 0 Å². The first-order valence-corrected chi connectivity index (χ1v) is 6.06. The quantitative estimate of drug-likeness (QED) is 0.741. The average Bonchev–Trinajstić information content (AvgIpc) is 2.29. The number of hydrogen-bond acceptors (Lipinski definition) is 1. The third kappa shape index (κ3) is 3.37. The molecule has 0 unspecified atom stereocenters. The zero-order valence-corrected chi connectivity index (χ0v) is 10.5. The van der Waals surface area contributed by atoms with Crippen LogP contribution in [-0.4, -0.2) is 12.5 Å². The Kier molecular flexibility index (Phi) is 5.03. The molecule has 0 N–H and O–H groups in total. The first-order valence-electron chi connectivity index (χ1n) is 6.06. The van der Waals surface area contributed by atoms with E-state index in [1.807, 2.05) is 24.0 Å². The number of hydrogen-bond donors (Lipinski definition) is 0. The third-order valence-electron chi connectivity index (χ3n) is 2.65. The Morgan fingerprint density at radius 1 is 1.31 bits per heavy atom. The maximum Gasteiger partial charge on any atom is 0.226 e. The first kappa shape index (κ1) is 12.8. The molecule has 0 atom stereocenters. The van der Waals surface area contributed by atoms with E-state index >= 15 is 0 Å². The molecule has 0 radical (unpaired) electrons. The van der Waals surface area contributed by atoms with Crippen molar-refractivity contribution in [1.82, 2.24) is 0 Å². The SMILES string of the molecule is CCCCN(C(=O)CC)c1cccc(C)c1. The van der Waals surface area contributed by atoms with Gasteiger partial charge in [-0.05, 0) is 31.0 Å². The average molecular weight is 219 g/mol. The molecule has 16 heavy (non-hydrogen) atoms. The number of anilines is 1. The van der Waals surface area contributed by atoms with Crippen LogP contribution in [0, 0.1) is 6.92 Å². The van der Waals surface area contributed by atoms with Crippen LogP contribution in [0.15, 0.2) is 24.3 Å². The first-order chi connectivity index (χ1) is 7.69. The predicted molar refractivity (Wildman–Crippen MR) is 68.7 cm³/mol. The minimum absolute atomic E-state index is 0.207. The standard InChI is InChI=1S/C14H21NO/c1-4-6-10-15(14(16)5-2)13-9-7-8-12(3)11-13/h7-9,11H,4-6,10H2,1-3H3. The second-order valence-corrected chi connectivity index (χ2v) is 4.09.